The molecule has 0 amide bonds. The number of hydrogen-bond acceptors (Lipinski definition) is 0. The van der Waals surface area contributed by atoms with Gasteiger partial charge in [0, 0.05) is 0 Å². The van der Waals surface area contributed by atoms with Crippen LogP contribution in [0.5, 0.6) is 0 Å². The Morgan fingerprint density at radius 1 is 0.933 bits per heavy atom. The van der Waals surface area contributed by atoms with Crippen LogP contribution in [0.1, 0.15) is 12.8 Å². The van der Waals surface area contributed by atoms with Crippen LogP contribution >= 0.6 is 0 Å². The maximum atomic E-state index is 3.86. The van der Waals surface area contributed by atoms with Crippen LogP contribution in [0.25, 0.3) is 0 Å². The molecule has 0 atom stereocenters. The van der Waals surface area contributed by atoms with Gasteiger partial charge in [-0.05, 0) is 0 Å². The average Bonchev–Trinajstić information content (AvgIpc) is 2.87. The molecule has 0 aromatic carbocycles. The standard InChI is InChI=1S/2C7H7.Ru/c2*1-2-7-5-3-4-6-7;/h2*2-3,5H,1,4H2;. The Morgan fingerprint density at radius 2 is 1.40 bits per heavy atom. The fourth-order valence-electron chi connectivity index (χ4n) is 1.64. The first-order valence-electron chi connectivity index (χ1n) is 5.02. The monoisotopic (exact) mass is 284 g/mol. The first-order chi connectivity index (χ1) is 7.35. The summed E-state index contributed by atoms with van der Waals surface area (Å²) in [6.45, 7) is 7.72. The van der Waals surface area contributed by atoms with Gasteiger partial charge in [-0.1, -0.05) is 0 Å². The molecule has 0 saturated heterocycles. The summed E-state index contributed by atoms with van der Waals surface area (Å²) in [5, 5.41) is 0. The van der Waals surface area contributed by atoms with Crippen molar-refractivity contribution in [2.45, 2.75) is 12.8 Å². The molecule has 0 heterocycles. The molecule has 0 unspecified atom stereocenters. The first kappa shape index (κ1) is 10.6. The van der Waals surface area contributed by atoms with Crippen molar-refractivity contribution in [3.05, 3.63) is 69.1 Å². The predicted molar refractivity (Wildman–Crippen MR) is 62.0 cm³/mol. The molecule has 15 heavy (non-hydrogen) atoms. The minimum absolute atomic E-state index is 0.208. The Bertz CT molecular complexity index is 377. The van der Waals surface area contributed by atoms with E-state index in [1.807, 2.05) is 12.2 Å². The second-order valence-electron chi connectivity index (χ2n) is 3.40. The van der Waals surface area contributed by atoms with Crippen molar-refractivity contribution in [3.8, 4) is 0 Å². The van der Waals surface area contributed by atoms with Crippen LogP contribution in [0.3, 0.4) is 0 Å². The summed E-state index contributed by atoms with van der Waals surface area (Å²) in [7, 11) is 0. The zero-order valence-electron chi connectivity index (χ0n) is 8.65. The van der Waals surface area contributed by atoms with Crippen molar-refractivity contribution >= 4 is 0 Å². The van der Waals surface area contributed by atoms with E-state index in [-0.39, 0.29) is 17.1 Å². The van der Waals surface area contributed by atoms with Crippen LogP contribution in [-0.2, 0) is 17.1 Å². The predicted octanol–water partition coefficient (Wildman–Crippen LogP) is 3.87. The van der Waals surface area contributed by atoms with Gasteiger partial charge in [-0.25, -0.2) is 0 Å². The molecule has 0 aliphatic heterocycles. The van der Waals surface area contributed by atoms with Gasteiger partial charge in [-0.3, -0.25) is 0 Å². The fraction of sp³-hybridized carbons (Fsp3) is 0.143. The molecule has 78 valence electrons. The van der Waals surface area contributed by atoms with Crippen molar-refractivity contribution < 1.29 is 17.1 Å². The Kier molecular flexibility index (Phi) is 3.33. The molecular formula is C14H14Ru. The third-order valence-electron chi connectivity index (χ3n) is 2.44. The molecule has 0 fully saturated rings. The van der Waals surface area contributed by atoms with Gasteiger partial charge in [0.05, 0.1) is 0 Å². The zero-order valence-corrected chi connectivity index (χ0v) is 10.4. The molecule has 0 nitrogen and oxygen atoms in total. The van der Waals surface area contributed by atoms with Crippen molar-refractivity contribution in [2.24, 2.45) is 0 Å². The van der Waals surface area contributed by atoms with E-state index in [4.69, 9.17) is 0 Å². The van der Waals surface area contributed by atoms with Crippen LogP contribution in [0.2, 0.25) is 0 Å². The molecule has 0 N–H and O–H groups in total. The Balaban J connectivity index is 2.17. The van der Waals surface area contributed by atoms with Crippen LogP contribution in [0.4, 0.5) is 0 Å². The summed E-state index contributed by atoms with van der Waals surface area (Å²) in [5.74, 6) is 0. The van der Waals surface area contributed by atoms with Crippen LogP contribution in [-0.4, -0.2) is 0 Å². The van der Waals surface area contributed by atoms with Gasteiger partial charge in [0.2, 0.25) is 0 Å². The van der Waals surface area contributed by atoms with E-state index in [0.717, 1.165) is 12.8 Å². The number of rotatable bonds is 4. The minimum atomic E-state index is 0.208. The molecule has 0 spiro atoms. The average molecular weight is 283 g/mol. The van der Waals surface area contributed by atoms with Gasteiger partial charge in [0.25, 0.3) is 0 Å². The molecule has 2 rings (SSSR count). The van der Waals surface area contributed by atoms with Crippen LogP contribution < -0.4 is 0 Å². The molecule has 0 aromatic rings. The Morgan fingerprint density at radius 3 is 1.80 bits per heavy atom. The van der Waals surface area contributed by atoms with Crippen molar-refractivity contribution in [1.82, 2.24) is 0 Å². The van der Waals surface area contributed by atoms with E-state index >= 15 is 0 Å². The van der Waals surface area contributed by atoms with Gasteiger partial charge in [-0.2, -0.15) is 0 Å². The topological polar surface area (TPSA) is 0 Å². The van der Waals surface area contributed by atoms with Crippen LogP contribution in [0.15, 0.2) is 69.1 Å². The summed E-state index contributed by atoms with van der Waals surface area (Å²) in [6.07, 6.45) is 15.0. The summed E-state index contributed by atoms with van der Waals surface area (Å²) in [6, 6.07) is 0. The van der Waals surface area contributed by atoms with Gasteiger partial charge in [0.15, 0.2) is 0 Å². The van der Waals surface area contributed by atoms with E-state index in [2.05, 4.69) is 37.5 Å². The quantitative estimate of drug-likeness (QED) is 0.687. The van der Waals surface area contributed by atoms with E-state index < -0.39 is 0 Å². The Labute approximate surface area is 99.1 Å². The SMILES string of the molecule is C=CC1=[C]([Ru][C]2=C(C=C)C=CC2)CC=C1. The maximum absolute atomic E-state index is 3.86. The summed E-state index contributed by atoms with van der Waals surface area (Å²) < 4.78 is 3.16. The molecule has 2 aliphatic rings. The normalized spacial score (nSPS) is 19.5. The van der Waals surface area contributed by atoms with Gasteiger partial charge in [-0.15, -0.1) is 0 Å². The second kappa shape index (κ2) is 4.72. The fourth-order valence-corrected chi connectivity index (χ4v) is 4.18. The van der Waals surface area contributed by atoms with Gasteiger partial charge < -0.3 is 0 Å². The van der Waals surface area contributed by atoms with Crippen molar-refractivity contribution in [1.29, 1.82) is 0 Å². The molecule has 0 saturated carbocycles. The zero-order chi connectivity index (χ0) is 10.7. The first-order valence-corrected chi connectivity index (χ1v) is 6.75. The summed E-state index contributed by atoms with van der Waals surface area (Å²) >= 11 is 0.208. The van der Waals surface area contributed by atoms with E-state index in [1.54, 1.807) is 8.33 Å². The van der Waals surface area contributed by atoms with Crippen LogP contribution in [0, 0.1) is 0 Å². The van der Waals surface area contributed by atoms with Crippen molar-refractivity contribution in [2.75, 3.05) is 0 Å². The van der Waals surface area contributed by atoms with Gasteiger partial charge in [0.1, 0.15) is 0 Å². The molecular weight excluding hydrogens is 269 g/mol. The van der Waals surface area contributed by atoms with Gasteiger partial charge >= 0.3 is 99.1 Å². The van der Waals surface area contributed by atoms with E-state index in [9.17, 15) is 0 Å². The number of hydrogen-bond donors (Lipinski definition) is 0. The molecule has 0 radical (unpaired) electrons. The second-order valence-corrected chi connectivity index (χ2v) is 5.93. The third-order valence-corrected chi connectivity index (χ3v) is 5.21. The van der Waals surface area contributed by atoms with Crippen molar-refractivity contribution in [3.63, 3.8) is 0 Å². The summed E-state index contributed by atoms with van der Waals surface area (Å²) in [5.41, 5.74) is 2.69. The van der Waals surface area contributed by atoms with E-state index in [1.165, 1.54) is 11.1 Å². The summed E-state index contributed by atoms with van der Waals surface area (Å²) in [4.78, 5) is 0. The molecule has 0 aromatic heterocycles. The third kappa shape index (κ3) is 2.18. The molecule has 1 heteroatoms. The molecule has 2 aliphatic carbocycles. The molecule has 0 bridgehead atoms. The number of allylic oxidation sites excluding steroid dienone is 10. The Hall–Kier alpha value is -0.937. The van der Waals surface area contributed by atoms with E-state index in [0.29, 0.717) is 0 Å².